The molecular formula is C20H24N4O3S. The van der Waals surface area contributed by atoms with Gasteiger partial charge in [0.15, 0.2) is 11.5 Å². The van der Waals surface area contributed by atoms with Gasteiger partial charge in [0.1, 0.15) is 17.0 Å². The monoisotopic (exact) mass is 400 g/mol. The molecule has 3 heterocycles. The van der Waals surface area contributed by atoms with Crippen molar-refractivity contribution in [1.29, 1.82) is 0 Å². The average Bonchev–Trinajstić information content (AvgIpc) is 3.24. The quantitative estimate of drug-likeness (QED) is 0.653. The molecule has 1 aliphatic rings. The number of anilines is 1. The molecule has 0 amide bonds. The summed E-state index contributed by atoms with van der Waals surface area (Å²) in [6.07, 6.45) is 1.61. The number of ether oxygens (including phenoxy) is 3. The predicted octanol–water partition coefficient (Wildman–Crippen LogP) is 3.19. The summed E-state index contributed by atoms with van der Waals surface area (Å²) in [4.78, 5) is 12.2. The maximum absolute atomic E-state index is 5.55. The van der Waals surface area contributed by atoms with Crippen LogP contribution in [0.3, 0.4) is 0 Å². The highest BCUT2D eigenvalue weighted by molar-refractivity contribution is 7.16. The van der Waals surface area contributed by atoms with Crippen LogP contribution in [-0.4, -0.2) is 61.9 Å². The zero-order valence-electron chi connectivity index (χ0n) is 16.1. The summed E-state index contributed by atoms with van der Waals surface area (Å²) < 4.78 is 16.5. The van der Waals surface area contributed by atoms with Crippen LogP contribution in [0.5, 0.6) is 11.5 Å². The highest BCUT2D eigenvalue weighted by Crippen LogP contribution is 2.33. The number of morpholine rings is 1. The fourth-order valence-electron chi connectivity index (χ4n) is 3.53. The largest absolute Gasteiger partial charge is 0.493 e. The number of hydrogen-bond donors (Lipinski definition) is 1. The first kappa shape index (κ1) is 18.9. The lowest BCUT2D eigenvalue weighted by Gasteiger charge is -2.35. The minimum absolute atomic E-state index is 0.160. The Hall–Kier alpha value is -2.42. The Kier molecular flexibility index (Phi) is 5.90. The van der Waals surface area contributed by atoms with E-state index < -0.39 is 0 Å². The average molecular weight is 401 g/mol. The Morgan fingerprint density at radius 2 is 1.96 bits per heavy atom. The van der Waals surface area contributed by atoms with Crippen LogP contribution in [-0.2, 0) is 4.74 Å². The molecular weight excluding hydrogens is 376 g/mol. The third-order valence-electron chi connectivity index (χ3n) is 5.00. The van der Waals surface area contributed by atoms with Gasteiger partial charge in [-0.05, 0) is 29.1 Å². The standard InChI is InChI=1S/C20H24N4O3S/c1-25-17-4-3-14(11-18(17)26-2)16(24-6-8-27-9-7-24)12-21-19-15-5-10-28-20(15)23-13-22-19/h3-5,10-11,13,16H,6-9,12H2,1-2H3,(H,21,22,23). The van der Waals surface area contributed by atoms with Gasteiger partial charge in [0.25, 0.3) is 0 Å². The molecule has 1 atom stereocenters. The number of benzene rings is 1. The summed E-state index contributed by atoms with van der Waals surface area (Å²) in [5, 5.41) is 6.63. The third-order valence-corrected chi connectivity index (χ3v) is 5.82. The molecule has 0 saturated carbocycles. The minimum Gasteiger partial charge on any atom is -0.493 e. The molecule has 0 aliphatic carbocycles. The second-order valence-electron chi connectivity index (χ2n) is 6.52. The lowest BCUT2D eigenvalue weighted by molar-refractivity contribution is 0.0186. The van der Waals surface area contributed by atoms with Crippen LogP contribution in [0.4, 0.5) is 5.82 Å². The van der Waals surface area contributed by atoms with E-state index in [2.05, 4.69) is 38.4 Å². The van der Waals surface area contributed by atoms with Crippen molar-refractivity contribution in [2.24, 2.45) is 0 Å². The van der Waals surface area contributed by atoms with Crippen LogP contribution in [0.25, 0.3) is 10.2 Å². The van der Waals surface area contributed by atoms with E-state index in [1.807, 2.05) is 11.4 Å². The fraction of sp³-hybridized carbons (Fsp3) is 0.400. The van der Waals surface area contributed by atoms with Crippen LogP contribution in [0.15, 0.2) is 36.0 Å². The molecule has 0 bridgehead atoms. The molecule has 3 aromatic rings. The van der Waals surface area contributed by atoms with E-state index in [9.17, 15) is 0 Å². The predicted molar refractivity (Wildman–Crippen MR) is 111 cm³/mol. The second kappa shape index (κ2) is 8.72. The van der Waals surface area contributed by atoms with Gasteiger partial charge in [-0.15, -0.1) is 11.3 Å². The van der Waals surface area contributed by atoms with Crippen molar-refractivity contribution in [2.45, 2.75) is 6.04 Å². The summed E-state index contributed by atoms with van der Waals surface area (Å²) in [5.74, 6) is 2.33. The molecule has 148 valence electrons. The molecule has 1 fully saturated rings. The van der Waals surface area contributed by atoms with E-state index in [1.54, 1.807) is 31.9 Å². The molecule has 2 aromatic heterocycles. The van der Waals surface area contributed by atoms with Gasteiger partial charge in [-0.1, -0.05) is 6.07 Å². The van der Waals surface area contributed by atoms with Gasteiger partial charge in [-0.3, -0.25) is 4.90 Å². The number of nitrogens with zero attached hydrogens (tertiary/aromatic N) is 3. The van der Waals surface area contributed by atoms with Crippen molar-refractivity contribution in [3.05, 3.63) is 41.5 Å². The Bertz CT molecular complexity index is 927. The number of hydrogen-bond acceptors (Lipinski definition) is 8. The molecule has 7 nitrogen and oxygen atoms in total. The van der Waals surface area contributed by atoms with Gasteiger partial charge in [0, 0.05) is 19.6 Å². The Morgan fingerprint density at radius 1 is 1.14 bits per heavy atom. The van der Waals surface area contributed by atoms with Crippen LogP contribution in [0.1, 0.15) is 11.6 Å². The molecule has 4 rings (SSSR count). The lowest BCUT2D eigenvalue weighted by Crippen LogP contribution is -2.41. The Balaban J connectivity index is 1.61. The van der Waals surface area contributed by atoms with Crippen LogP contribution in [0, 0.1) is 0 Å². The van der Waals surface area contributed by atoms with Crippen LogP contribution < -0.4 is 14.8 Å². The minimum atomic E-state index is 0.160. The Labute approximate surface area is 168 Å². The van der Waals surface area contributed by atoms with Crippen molar-refractivity contribution in [3.63, 3.8) is 0 Å². The van der Waals surface area contributed by atoms with E-state index in [1.165, 1.54) is 5.56 Å². The molecule has 0 radical (unpaired) electrons. The van der Waals surface area contributed by atoms with E-state index >= 15 is 0 Å². The maximum Gasteiger partial charge on any atom is 0.161 e. The van der Waals surface area contributed by atoms with Crippen LogP contribution in [0.2, 0.25) is 0 Å². The SMILES string of the molecule is COc1ccc(C(CNc2ncnc3sccc23)N2CCOCC2)cc1OC. The van der Waals surface area contributed by atoms with E-state index in [0.29, 0.717) is 0 Å². The van der Waals surface area contributed by atoms with Gasteiger partial charge in [-0.25, -0.2) is 9.97 Å². The number of nitrogens with one attached hydrogen (secondary N) is 1. The number of aromatic nitrogens is 2. The number of fused-ring (bicyclic) bond motifs is 1. The smallest absolute Gasteiger partial charge is 0.161 e. The molecule has 0 spiro atoms. The maximum atomic E-state index is 5.55. The highest BCUT2D eigenvalue weighted by Gasteiger charge is 2.24. The second-order valence-corrected chi connectivity index (χ2v) is 7.42. The number of rotatable bonds is 7. The van der Waals surface area contributed by atoms with Gasteiger partial charge in [-0.2, -0.15) is 0 Å². The fourth-order valence-corrected chi connectivity index (χ4v) is 4.26. The molecule has 1 saturated heterocycles. The van der Waals surface area contributed by atoms with E-state index in [0.717, 1.165) is 60.4 Å². The van der Waals surface area contributed by atoms with Crippen molar-refractivity contribution in [3.8, 4) is 11.5 Å². The zero-order chi connectivity index (χ0) is 19.3. The zero-order valence-corrected chi connectivity index (χ0v) is 16.9. The first-order valence-corrected chi connectivity index (χ1v) is 10.1. The molecule has 8 heteroatoms. The summed E-state index contributed by atoms with van der Waals surface area (Å²) >= 11 is 1.62. The molecule has 28 heavy (non-hydrogen) atoms. The van der Waals surface area contributed by atoms with Gasteiger partial charge < -0.3 is 19.5 Å². The van der Waals surface area contributed by atoms with Crippen LogP contribution >= 0.6 is 11.3 Å². The summed E-state index contributed by atoms with van der Waals surface area (Å²) in [6.45, 7) is 3.98. The van der Waals surface area contributed by atoms with E-state index in [4.69, 9.17) is 14.2 Å². The third kappa shape index (κ3) is 3.89. The van der Waals surface area contributed by atoms with Crippen molar-refractivity contribution in [1.82, 2.24) is 14.9 Å². The molecule has 1 aliphatic heterocycles. The summed E-state index contributed by atoms with van der Waals surface area (Å²) in [7, 11) is 3.32. The lowest BCUT2D eigenvalue weighted by atomic mass is 10.0. The topological polar surface area (TPSA) is 68.7 Å². The van der Waals surface area contributed by atoms with Crippen molar-refractivity contribution >= 4 is 27.4 Å². The summed E-state index contributed by atoms with van der Waals surface area (Å²) in [5.41, 5.74) is 1.17. The number of thiophene rings is 1. The number of methoxy groups -OCH3 is 2. The van der Waals surface area contributed by atoms with Gasteiger partial charge in [0.2, 0.25) is 0 Å². The van der Waals surface area contributed by atoms with Gasteiger partial charge >= 0.3 is 0 Å². The Morgan fingerprint density at radius 3 is 2.75 bits per heavy atom. The van der Waals surface area contributed by atoms with Crippen molar-refractivity contribution < 1.29 is 14.2 Å². The van der Waals surface area contributed by atoms with Crippen molar-refractivity contribution in [2.75, 3.05) is 52.4 Å². The normalized spacial score (nSPS) is 16.1. The first-order chi connectivity index (χ1) is 13.8. The van der Waals surface area contributed by atoms with Gasteiger partial charge in [0.05, 0.1) is 38.9 Å². The van der Waals surface area contributed by atoms with E-state index in [-0.39, 0.29) is 6.04 Å². The molecule has 1 N–H and O–H groups in total. The highest BCUT2D eigenvalue weighted by atomic mass is 32.1. The summed E-state index contributed by atoms with van der Waals surface area (Å²) in [6, 6.07) is 8.34. The molecule has 1 aromatic carbocycles. The first-order valence-electron chi connectivity index (χ1n) is 9.26. The molecule has 1 unspecified atom stereocenters.